The molecule has 0 saturated heterocycles. The Labute approximate surface area is 118 Å². The zero-order valence-corrected chi connectivity index (χ0v) is 12.7. The van der Waals surface area contributed by atoms with E-state index in [1.807, 2.05) is 4.57 Å². The number of carbonyl (C=O) groups is 1. The molecule has 1 amide bonds. The van der Waals surface area contributed by atoms with Crippen LogP contribution in [0.15, 0.2) is 5.16 Å². The highest BCUT2D eigenvalue weighted by molar-refractivity contribution is 7.99. The number of nitrogens with one attached hydrogen (secondary N) is 1. The van der Waals surface area contributed by atoms with Crippen LogP contribution in [0.25, 0.3) is 0 Å². The number of carbonyl (C=O) groups excluding carboxylic acids is 1. The second kappa shape index (κ2) is 8.16. The number of rotatable bonds is 8. The first-order valence-electron chi connectivity index (χ1n) is 6.60. The largest absolute Gasteiger partial charge is 0.355 e. The molecule has 0 atom stereocenters. The average Bonchev–Trinajstić information content (AvgIpc) is 2.76. The number of hydrogen-bond donors (Lipinski definition) is 2. The first-order valence-corrected chi connectivity index (χ1v) is 7.58. The molecule has 0 radical (unpaired) electrons. The van der Waals surface area contributed by atoms with Crippen molar-refractivity contribution < 1.29 is 4.79 Å². The van der Waals surface area contributed by atoms with Gasteiger partial charge in [-0.25, -0.2) is 0 Å². The monoisotopic (exact) mass is 285 g/mol. The highest BCUT2D eigenvalue weighted by Gasteiger charge is 2.12. The summed E-state index contributed by atoms with van der Waals surface area (Å²) in [5, 5.41) is 11.8. The number of hydrogen-bond acceptors (Lipinski definition) is 5. The lowest BCUT2D eigenvalue weighted by Crippen LogP contribution is -2.28. The van der Waals surface area contributed by atoms with Crippen LogP contribution in [0, 0.1) is 5.92 Å². The molecule has 0 aliphatic carbocycles. The maximum atomic E-state index is 11.7. The van der Waals surface area contributed by atoms with E-state index < -0.39 is 0 Å². The molecule has 0 unspecified atom stereocenters. The molecule has 1 rings (SSSR count). The van der Waals surface area contributed by atoms with Gasteiger partial charge in [-0.3, -0.25) is 4.79 Å². The van der Waals surface area contributed by atoms with Crippen molar-refractivity contribution in [3.8, 4) is 0 Å². The quantitative estimate of drug-likeness (QED) is 0.696. The lowest BCUT2D eigenvalue weighted by molar-refractivity contribution is -0.118. The molecular weight excluding hydrogens is 262 g/mol. The molecule has 6 nitrogen and oxygen atoms in total. The molecule has 19 heavy (non-hydrogen) atoms. The Balaban J connectivity index is 2.52. The van der Waals surface area contributed by atoms with Gasteiger partial charge in [0.1, 0.15) is 5.82 Å². The maximum Gasteiger partial charge on any atom is 0.230 e. The molecule has 7 heteroatoms. The fraction of sp³-hybridized carbons (Fsp3) is 0.750. The van der Waals surface area contributed by atoms with Crippen molar-refractivity contribution in [1.29, 1.82) is 0 Å². The summed E-state index contributed by atoms with van der Waals surface area (Å²) in [6.07, 6.45) is 0.984. The summed E-state index contributed by atoms with van der Waals surface area (Å²) >= 11 is 1.40. The van der Waals surface area contributed by atoms with Crippen LogP contribution in [0.4, 0.5) is 0 Å². The molecule has 0 saturated carbocycles. The molecule has 3 N–H and O–H groups in total. The Morgan fingerprint density at radius 1 is 1.47 bits per heavy atom. The fourth-order valence-electron chi connectivity index (χ4n) is 1.52. The van der Waals surface area contributed by atoms with Crippen molar-refractivity contribution in [3.63, 3.8) is 0 Å². The van der Waals surface area contributed by atoms with Gasteiger partial charge in [0.05, 0.1) is 12.3 Å². The number of nitrogens with zero attached hydrogens (tertiary/aromatic N) is 3. The third-order valence-corrected chi connectivity index (χ3v) is 3.43. The van der Waals surface area contributed by atoms with Crippen LogP contribution < -0.4 is 11.1 Å². The predicted octanol–water partition coefficient (Wildman–Crippen LogP) is 1.01. The van der Waals surface area contributed by atoms with Crippen LogP contribution in [-0.4, -0.2) is 33.0 Å². The average molecular weight is 285 g/mol. The van der Waals surface area contributed by atoms with E-state index in [9.17, 15) is 4.79 Å². The summed E-state index contributed by atoms with van der Waals surface area (Å²) in [6, 6.07) is 0. The number of nitrogens with two attached hydrogens (primary N) is 1. The molecule has 0 bridgehead atoms. The van der Waals surface area contributed by atoms with Gasteiger partial charge in [0, 0.05) is 13.1 Å². The summed E-state index contributed by atoms with van der Waals surface area (Å²) in [4.78, 5) is 11.7. The van der Waals surface area contributed by atoms with E-state index in [-0.39, 0.29) is 5.91 Å². The molecule has 108 valence electrons. The summed E-state index contributed by atoms with van der Waals surface area (Å²) in [7, 11) is 0. The highest BCUT2D eigenvalue weighted by atomic mass is 32.2. The van der Waals surface area contributed by atoms with E-state index >= 15 is 0 Å². The normalized spacial score (nSPS) is 11.0. The zero-order chi connectivity index (χ0) is 14.3. The first-order chi connectivity index (χ1) is 9.08. The molecule has 0 aliphatic heterocycles. The molecule has 1 heterocycles. The van der Waals surface area contributed by atoms with E-state index in [0.29, 0.717) is 24.8 Å². The summed E-state index contributed by atoms with van der Waals surface area (Å²) < 4.78 is 1.99. The lowest BCUT2D eigenvalue weighted by Gasteiger charge is -2.09. The molecule has 1 aromatic heterocycles. The second-order valence-electron chi connectivity index (χ2n) is 4.74. The topological polar surface area (TPSA) is 85.8 Å². The highest BCUT2D eigenvalue weighted by Crippen LogP contribution is 2.17. The van der Waals surface area contributed by atoms with Gasteiger partial charge in [-0.15, -0.1) is 10.2 Å². The van der Waals surface area contributed by atoms with Crippen molar-refractivity contribution in [1.82, 2.24) is 20.1 Å². The maximum absolute atomic E-state index is 11.7. The predicted molar refractivity (Wildman–Crippen MR) is 76.8 cm³/mol. The number of amides is 1. The minimum absolute atomic E-state index is 0.0269. The summed E-state index contributed by atoms with van der Waals surface area (Å²) in [5.41, 5.74) is 5.62. The minimum Gasteiger partial charge on any atom is -0.355 e. The zero-order valence-electron chi connectivity index (χ0n) is 11.8. The van der Waals surface area contributed by atoms with Crippen molar-refractivity contribution in [2.45, 2.75) is 45.4 Å². The van der Waals surface area contributed by atoms with Gasteiger partial charge < -0.3 is 15.6 Å². The van der Waals surface area contributed by atoms with Crippen LogP contribution in [0.1, 0.15) is 33.0 Å². The summed E-state index contributed by atoms with van der Waals surface area (Å²) in [5.74, 6) is 1.62. The van der Waals surface area contributed by atoms with Crippen LogP contribution >= 0.6 is 11.8 Å². The number of thioether (sulfide) groups is 1. The van der Waals surface area contributed by atoms with Crippen LogP contribution in [0.2, 0.25) is 0 Å². The van der Waals surface area contributed by atoms with Crippen molar-refractivity contribution in [2.24, 2.45) is 11.7 Å². The Bertz CT molecular complexity index is 405. The standard InChI is InChI=1S/C12H23N5OS/c1-4-5-17-10(6-13)15-16-12(17)19-8-11(18)14-7-9(2)3/h9H,4-8,13H2,1-3H3,(H,14,18). The molecule has 1 aromatic rings. The molecule has 0 aromatic carbocycles. The first kappa shape index (κ1) is 16.0. The Morgan fingerprint density at radius 2 is 2.21 bits per heavy atom. The smallest absolute Gasteiger partial charge is 0.230 e. The van der Waals surface area contributed by atoms with E-state index in [2.05, 4.69) is 36.3 Å². The van der Waals surface area contributed by atoms with E-state index in [1.165, 1.54) is 11.8 Å². The minimum atomic E-state index is 0.0269. The molecular formula is C12H23N5OS. The van der Waals surface area contributed by atoms with E-state index in [0.717, 1.165) is 23.9 Å². The second-order valence-corrected chi connectivity index (χ2v) is 5.68. The van der Waals surface area contributed by atoms with Crippen LogP contribution in [-0.2, 0) is 17.9 Å². The Morgan fingerprint density at radius 3 is 2.79 bits per heavy atom. The summed E-state index contributed by atoms with van der Waals surface area (Å²) in [6.45, 7) is 8.12. The van der Waals surface area contributed by atoms with Crippen molar-refractivity contribution in [2.75, 3.05) is 12.3 Å². The van der Waals surface area contributed by atoms with Gasteiger partial charge in [0.15, 0.2) is 5.16 Å². The van der Waals surface area contributed by atoms with Crippen LogP contribution in [0.3, 0.4) is 0 Å². The third-order valence-electron chi connectivity index (χ3n) is 2.46. The number of aromatic nitrogens is 3. The fourth-order valence-corrected chi connectivity index (χ4v) is 2.34. The van der Waals surface area contributed by atoms with Gasteiger partial charge in [-0.2, -0.15) is 0 Å². The van der Waals surface area contributed by atoms with Crippen molar-refractivity contribution in [3.05, 3.63) is 5.82 Å². The third kappa shape index (κ3) is 5.20. The Kier molecular flexibility index (Phi) is 6.86. The van der Waals surface area contributed by atoms with Gasteiger partial charge >= 0.3 is 0 Å². The van der Waals surface area contributed by atoms with E-state index in [4.69, 9.17) is 5.73 Å². The Hall–Kier alpha value is -1.08. The van der Waals surface area contributed by atoms with Gasteiger partial charge in [0.2, 0.25) is 5.91 Å². The van der Waals surface area contributed by atoms with Gasteiger partial charge in [-0.1, -0.05) is 32.5 Å². The molecule has 0 aliphatic rings. The lowest BCUT2D eigenvalue weighted by atomic mass is 10.2. The van der Waals surface area contributed by atoms with Gasteiger partial charge in [-0.05, 0) is 12.3 Å². The van der Waals surface area contributed by atoms with Crippen molar-refractivity contribution >= 4 is 17.7 Å². The molecule has 0 fully saturated rings. The van der Waals surface area contributed by atoms with Gasteiger partial charge in [0.25, 0.3) is 0 Å². The van der Waals surface area contributed by atoms with E-state index in [1.54, 1.807) is 0 Å². The SMILES string of the molecule is CCCn1c(CN)nnc1SCC(=O)NCC(C)C. The molecule has 0 spiro atoms. The van der Waals surface area contributed by atoms with Crippen LogP contribution in [0.5, 0.6) is 0 Å².